The molecular weight excluding hydrogens is 360 g/mol. The summed E-state index contributed by atoms with van der Waals surface area (Å²) in [5.74, 6) is -0.216. The minimum absolute atomic E-state index is 0.183. The van der Waals surface area contributed by atoms with Gasteiger partial charge >= 0.3 is 6.09 Å². The number of unbranched alkanes of at least 4 members (excludes halogenated alkanes) is 1. The fourth-order valence-electron chi connectivity index (χ4n) is 4.46. The monoisotopic (exact) mass is 396 g/mol. The van der Waals surface area contributed by atoms with E-state index in [2.05, 4.69) is 10.6 Å². The molecule has 3 aliphatic carbocycles. The normalized spacial score (nSPS) is 27.7. The minimum Gasteiger partial charge on any atom is -0.444 e. The third-order valence-electron chi connectivity index (χ3n) is 5.80. The number of fused-ring (bicyclic) bond motifs is 3. The van der Waals surface area contributed by atoms with Gasteiger partial charge in [0.25, 0.3) is 0 Å². The maximum Gasteiger partial charge on any atom is 0.407 e. The zero-order valence-electron chi connectivity index (χ0n) is 17.3. The molecule has 160 valence electrons. The quantitative estimate of drug-likeness (QED) is 0.460. The Morgan fingerprint density at radius 2 is 1.68 bits per heavy atom. The van der Waals surface area contributed by atoms with Crippen LogP contribution in [0.25, 0.3) is 0 Å². The van der Waals surface area contributed by atoms with Crippen LogP contribution < -0.4 is 22.1 Å². The highest BCUT2D eigenvalue weighted by Gasteiger charge is 2.47. The molecule has 0 aromatic carbocycles. The van der Waals surface area contributed by atoms with E-state index in [-0.39, 0.29) is 29.7 Å². The van der Waals surface area contributed by atoms with Crippen LogP contribution in [0.2, 0.25) is 0 Å². The molecule has 6 N–H and O–H groups in total. The molecule has 3 unspecified atom stereocenters. The third kappa shape index (κ3) is 6.36. The molecule has 8 heteroatoms. The predicted octanol–water partition coefficient (Wildman–Crippen LogP) is 1.42. The first kappa shape index (κ1) is 22.5. The third-order valence-corrected chi connectivity index (χ3v) is 5.80. The van der Waals surface area contributed by atoms with Gasteiger partial charge in [-0.15, -0.1) is 0 Å². The van der Waals surface area contributed by atoms with Crippen LogP contribution in [0.5, 0.6) is 0 Å². The van der Waals surface area contributed by atoms with Gasteiger partial charge in [-0.1, -0.05) is 0 Å². The molecule has 0 aromatic heterocycles. The van der Waals surface area contributed by atoms with Crippen molar-refractivity contribution in [1.29, 1.82) is 0 Å². The van der Waals surface area contributed by atoms with Crippen LogP contribution in [0.1, 0.15) is 65.7 Å². The smallest absolute Gasteiger partial charge is 0.407 e. The van der Waals surface area contributed by atoms with Crippen LogP contribution in [-0.2, 0) is 14.3 Å². The molecule has 2 bridgehead atoms. The SMILES string of the molecule is CC(C)(C)OC(=O)NCCCCC(N)C(=O)NC1C2CCC(CC2)C1C(N)=O. The molecule has 0 aliphatic heterocycles. The Labute approximate surface area is 167 Å². The largest absolute Gasteiger partial charge is 0.444 e. The fourth-order valence-corrected chi connectivity index (χ4v) is 4.46. The van der Waals surface area contributed by atoms with Crippen LogP contribution in [0, 0.1) is 17.8 Å². The molecular formula is C20H36N4O4. The highest BCUT2D eigenvalue weighted by Crippen LogP contribution is 2.45. The van der Waals surface area contributed by atoms with E-state index in [4.69, 9.17) is 16.2 Å². The maximum atomic E-state index is 12.5. The van der Waals surface area contributed by atoms with Crippen molar-refractivity contribution in [3.05, 3.63) is 0 Å². The van der Waals surface area contributed by atoms with Crippen molar-refractivity contribution < 1.29 is 19.1 Å². The van der Waals surface area contributed by atoms with Crippen LogP contribution in [0.4, 0.5) is 4.79 Å². The summed E-state index contributed by atoms with van der Waals surface area (Å²) in [6, 6.07) is -0.812. The molecule has 3 rings (SSSR count). The van der Waals surface area contributed by atoms with Crippen molar-refractivity contribution >= 4 is 17.9 Å². The molecule has 8 nitrogen and oxygen atoms in total. The second kappa shape index (κ2) is 9.58. The van der Waals surface area contributed by atoms with Crippen molar-refractivity contribution in [3.63, 3.8) is 0 Å². The number of ether oxygens (including phenoxy) is 1. The Balaban J connectivity index is 1.70. The van der Waals surface area contributed by atoms with Gasteiger partial charge in [-0.05, 0) is 77.6 Å². The summed E-state index contributed by atoms with van der Waals surface area (Å²) in [6.45, 7) is 5.90. The molecule has 3 aliphatic rings. The lowest BCUT2D eigenvalue weighted by molar-refractivity contribution is -0.132. The van der Waals surface area contributed by atoms with Crippen molar-refractivity contribution in [3.8, 4) is 0 Å². The summed E-state index contributed by atoms with van der Waals surface area (Å²) < 4.78 is 5.17. The van der Waals surface area contributed by atoms with Crippen molar-refractivity contribution in [2.75, 3.05) is 6.54 Å². The second-order valence-corrected chi connectivity index (χ2v) is 9.17. The lowest BCUT2D eigenvalue weighted by Crippen LogP contribution is -2.59. The van der Waals surface area contributed by atoms with Crippen LogP contribution in [0.15, 0.2) is 0 Å². The zero-order valence-corrected chi connectivity index (χ0v) is 17.3. The van der Waals surface area contributed by atoms with Crippen LogP contribution >= 0.6 is 0 Å². The number of carbonyl (C=O) groups excluding carboxylic acids is 3. The Morgan fingerprint density at radius 1 is 1.07 bits per heavy atom. The van der Waals surface area contributed by atoms with Crippen molar-refractivity contribution in [2.45, 2.75) is 83.4 Å². The average Bonchev–Trinajstić information content (AvgIpc) is 2.60. The van der Waals surface area contributed by atoms with Gasteiger partial charge in [0.05, 0.1) is 12.0 Å². The molecule has 3 atom stereocenters. The summed E-state index contributed by atoms with van der Waals surface area (Å²) in [7, 11) is 0. The highest BCUT2D eigenvalue weighted by atomic mass is 16.6. The first-order valence-corrected chi connectivity index (χ1v) is 10.4. The Hall–Kier alpha value is -1.83. The zero-order chi connectivity index (χ0) is 20.9. The number of nitrogens with two attached hydrogens (primary N) is 2. The minimum atomic E-state index is -0.629. The summed E-state index contributed by atoms with van der Waals surface area (Å²) in [5, 5.41) is 5.70. The Bertz CT molecular complexity index is 567. The average molecular weight is 397 g/mol. The van der Waals surface area contributed by atoms with Crippen molar-refractivity contribution in [1.82, 2.24) is 10.6 Å². The van der Waals surface area contributed by atoms with Gasteiger partial charge in [0, 0.05) is 12.6 Å². The van der Waals surface area contributed by atoms with Gasteiger partial charge in [0.1, 0.15) is 5.60 Å². The fraction of sp³-hybridized carbons (Fsp3) is 0.850. The van der Waals surface area contributed by atoms with Crippen molar-refractivity contribution in [2.24, 2.45) is 29.2 Å². The predicted molar refractivity (Wildman–Crippen MR) is 106 cm³/mol. The van der Waals surface area contributed by atoms with Crippen LogP contribution in [-0.4, -0.2) is 42.1 Å². The van der Waals surface area contributed by atoms with Gasteiger partial charge in [-0.25, -0.2) is 4.79 Å². The number of hydrogen-bond acceptors (Lipinski definition) is 5. The van der Waals surface area contributed by atoms with Gasteiger partial charge in [0.2, 0.25) is 11.8 Å². The van der Waals surface area contributed by atoms with Gasteiger partial charge in [-0.3, -0.25) is 9.59 Å². The van der Waals surface area contributed by atoms with E-state index < -0.39 is 17.7 Å². The van der Waals surface area contributed by atoms with Crippen LogP contribution in [0.3, 0.4) is 0 Å². The molecule has 3 saturated carbocycles. The number of alkyl carbamates (subject to hydrolysis) is 1. The molecule has 3 fully saturated rings. The number of hydrogen-bond donors (Lipinski definition) is 4. The standard InChI is InChI=1S/C20H36N4O4/c1-20(2,3)28-19(27)23-11-5-4-6-14(21)18(26)24-16-13-9-7-12(8-10-13)15(16)17(22)25/h12-16H,4-11,21H2,1-3H3,(H2,22,25)(H,23,27)(H,24,26). The number of carbonyl (C=O) groups is 3. The van der Waals surface area contributed by atoms with E-state index in [1.807, 2.05) is 20.8 Å². The molecule has 0 saturated heterocycles. The lowest BCUT2D eigenvalue weighted by atomic mass is 9.61. The lowest BCUT2D eigenvalue weighted by Gasteiger charge is -2.47. The topological polar surface area (TPSA) is 137 Å². The summed E-state index contributed by atoms with van der Waals surface area (Å²) >= 11 is 0. The number of amides is 3. The van der Waals surface area contributed by atoms with Gasteiger partial charge in [-0.2, -0.15) is 0 Å². The number of primary amides is 1. The Morgan fingerprint density at radius 3 is 2.25 bits per heavy atom. The first-order valence-electron chi connectivity index (χ1n) is 10.4. The van der Waals surface area contributed by atoms with Gasteiger partial charge < -0.3 is 26.8 Å². The Kier molecular flexibility index (Phi) is 7.69. The van der Waals surface area contributed by atoms with E-state index in [0.717, 1.165) is 25.7 Å². The summed E-state index contributed by atoms with van der Waals surface area (Å²) in [4.78, 5) is 36.0. The molecule has 0 spiro atoms. The maximum absolute atomic E-state index is 12.5. The van der Waals surface area contributed by atoms with E-state index in [0.29, 0.717) is 31.7 Å². The molecule has 0 aromatic rings. The van der Waals surface area contributed by atoms with E-state index >= 15 is 0 Å². The number of rotatable bonds is 8. The van der Waals surface area contributed by atoms with E-state index in [1.165, 1.54) is 0 Å². The molecule has 0 radical (unpaired) electrons. The van der Waals surface area contributed by atoms with E-state index in [1.54, 1.807) is 0 Å². The molecule has 0 heterocycles. The highest BCUT2D eigenvalue weighted by molar-refractivity contribution is 5.84. The van der Waals surface area contributed by atoms with E-state index in [9.17, 15) is 14.4 Å². The molecule has 3 amide bonds. The summed E-state index contributed by atoms with van der Waals surface area (Å²) in [5.41, 5.74) is 11.1. The summed E-state index contributed by atoms with van der Waals surface area (Å²) in [6.07, 6.45) is 5.58. The number of nitrogens with one attached hydrogen (secondary N) is 2. The second-order valence-electron chi connectivity index (χ2n) is 9.17. The van der Waals surface area contributed by atoms with Gasteiger partial charge in [0.15, 0.2) is 0 Å². The molecule has 28 heavy (non-hydrogen) atoms. The first-order chi connectivity index (χ1) is 13.1.